The molecule has 0 unspecified atom stereocenters. The van der Waals surface area contributed by atoms with Crippen LogP contribution in [0.5, 0.6) is 0 Å². The number of nitrogens with one attached hydrogen (secondary N) is 1. The molecule has 2 heterocycles. The Hall–Kier alpha value is -2.50. The van der Waals surface area contributed by atoms with Crippen LogP contribution in [0.4, 0.5) is 16.0 Å². The lowest BCUT2D eigenvalue weighted by Gasteiger charge is -2.19. The summed E-state index contributed by atoms with van der Waals surface area (Å²) in [5.41, 5.74) is 0.917. The maximum atomic E-state index is 12.9. The molecule has 0 radical (unpaired) electrons. The molecular formula is C17H19FN4O. The minimum absolute atomic E-state index is 0.309. The number of carbonyl (C=O) groups excluding carboxylic acids is 1. The van der Waals surface area contributed by atoms with Crippen LogP contribution in [0, 0.1) is 5.82 Å². The number of nitrogens with zero attached hydrogens (tertiary/aromatic N) is 3. The lowest BCUT2D eigenvalue weighted by molar-refractivity contribution is 0.102. The molecule has 1 saturated heterocycles. The second kappa shape index (κ2) is 7.17. The summed E-state index contributed by atoms with van der Waals surface area (Å²) in [5.74, 6) is 0.0227. The van der Waals surface area contributed by atoms with Crippen LogP contribution in [0.25, 0.3) is 0 Å². The Morgan fingerprint density at radius 3 is 2.22 bits per heavy atom. The van der Waals surface area contributed by atoms with Crippen LogP contribution >= 0.6 is 0 Å². The maximum Gasteiger partial charge on any atom is 0.255 e. The Labute approximate surface area is 134 Å². The molecule has 1 aliphatic heterocycles. The van der Waals surface area contributed by atoms with Gasteiger partial charge in [-0.3, -0.25) is 4.79 Å². The van der Waals surface area contributed by atoms with E-state index in [4.69, 9.17) is 0 Å². The van der Waals surface area contributed by atoms with E-state index in [1.165, 1.54) is 37.1 Å². The summed E-state index contributed by atoms with van der Waals surface area (Å²) in [6, 6.07) is 5.40. The summed E-state index contributed by atoms with van der Waals surface area (Å²) in [4.78, 5) is 22.9. The Bertz CT molecular complexity index is 649. The van der Waals surface area contributed by atoms with Crippen molar-refractivity contribution in [3.63, 3.8) is 0 Å². The van der Waals surface area contributed by atoms with Crippen molar-refractivity contribution in [1.82, 2.24) is 9.97 Å². The van der Waals surface area contributed by atoms with Crippen molar-refractivity contribution in [2.24, 2.45) is 0 Å². The first-order chi connectivity index (χ1) is 11.2. The molecule has 1 aliphatic rings. The number of hydrogen-bond donors (Lipinski definition) is 1. The SMILES string of the molecule is O=C(Nc1cnc(N2CCCCCC2)nc1)c1ccc(F)cc1. The Kier molecular flexibility index (Phi) is 4.80. The van der Waals surface area contributed by atoms with Gasteiger partial charge in [0.25, 0.3) is 5.91 Å². The van der Waals surface area contributed by atoms with Gasteiger partial charge in [0.1, 0.15) is 5.82 Å². The predicted molar refractivity (Wildman–Crippen MR) is 87.1 cm³/mol. The summed E-state index contributed by atoms with van der Waals surface area (Å²) in [6.45, 7) is 1.95. The monoisotopic (exact) mass is 314 g/mol. The highest BCUT2D eigenvalue weighted by molar-refractivity contribution is 6.04. The van der Waals surface area contributed by atoms with Gasteiger partial charge < -0.3 is 10.2 Å². The van der Waals surface area contributed by atoms with Gasteiger partial charge >= 0.3 is 0 Å². The zero-order chi connectivity index (χ0) is 16.1. The minimum Gasteiger partial charge on any atom is -0.341 e. The Balaban J connectivity index is 1.64. The fourth-order valence-electron chi connectivity index (χ4n) is 2.62. The Morgan fingerprint density at radius 2 is 1.61 bits per heavy atom. The van der Waals surface area contributed by atoms with Crippen LogP contribution in [0.1, 0.15) is 36.0 Å². The topological polar surface area (TPSA) is 58.1 Å². The predicted octanol–water partition coefficient (Wildman–Crippen LogP) is 3.25. The second-order valence-corrected chi connectivity index (χ2v) is 5.63. The molecule has 0 atom stereocenters. The van der Waals surface area contributed by atoms with Crippen LogP contribution in [0.15, 0.2) is 36.7 Å². The average molecular weight is 314 g/mol. The number of aromatic nitrogens is 2. The Morgan fingerprint density at radius 1 is 1.00 bits per heavy atom. The summed E-state index contributed by atoms with van der Waals surface area (Å²) >= 11 is 0. The molecule has 1 amide bonds. The molecule has 6 heteroatoms. The van der Waals surface area contributed by atoms with Crippen LogP contribution in [0.2, 0.25) is 0 Å². The molecule has 1 fully saturated rings. The highest BCUT2D eigenvalue weighted by Gasteiger charge is 2.13. The third-order valence-electron chi connectivity index (χ3n) is 3.89. The molecule has 1 aromatic carbocycles. The van der Waals surface area contributed by atoms with E-state index in [9.17, 15) is 9.18 Å². The van der Waals surface area contributed by atoms with E-state index in [1.54, 1.807) is 12.4 Å². The van der Waals surface area contributed by atoms with Gasteiger partial charge in [0, 0.05) is 18.7 Å². The molecule has 120 valence electrons. The van der Waals surface area contributed by atoms with E-state index < -0.39 is 0 Å². The lowest BCUT2D eigenvalue weighted by Crippen LogP contribution is -2.26. The number of hydrogen-bond acceptors (Lipinski definition) is 4. The molecule has 2 aromatic rings. The summed E-state index contributed by atoms with van der Waals surface area (Å²) in [6.07, 6.45) is 8.03. The first-order valence-corrected chi connectivity index (χ1v) is 7.86. The van der Waals surface area contributed by atoms with Gasteiger partial charge in [0.2, 0.25) is 5.95 Å². The fourth-order valence-corrected chi connectivity index (χ4v) is 2.62. The van der Waals surface area contributed by atoms with Crippen LogP contribution in [-0.2, 0) is 0 Å². The van der Waals surface area contributed by atoms with E-state index >= 15 is 0 Å². The van der Waals surface area contributed by atoms with Crippen molar-refractivity contribution in [2.45, 2.75) is 25.7 Å². The van der Waals surface area contributed by atoms with E-state index in [-0.39, 0.29) is 11.7 Å². The van der Waals surface area contributed by atoms with E-state index in [2.05, 4.69) is 20.2 Å². The number of amides is 1. The fraction of sp³-hybridized carbons (Fsp3) is 0.353. The van der Waals surface area contributed by atoms with Gasteiger partial charge in [-0.25, -0.2) is 14.4 Å². The number of benzene rings is 1. The van der Waals surface area contributed by atoms with Crippen molar-refractivity contribution in [3.05, 3.63) is 48.0 Å². The molecule has 3 rings (SSSR count). The van der Waals surface area contributed by atoms with Crippen LogP contribution in [0.3, 0.4) is 0 Å². The van der Waals surface area contributed by atoms with Gasteiger partial charge in [-0.1, -0.05) is 12.8 Å². The van der Waals surface area contributed by atoms with Gasteiger partial charge in [0.15, 0.2) is 0 Å². The van der Waals surface area contributed by atoms with Crippen molar-refractivity contribution >= 4 is 17.5 Å². The second-order valence-electron chi connectivity index (χ2n) is 5.63. The number of anilines is 2. The quantitative estimate of drug-likeness (QED) is 0.945. The summed E-state index contributed by atoms with van der Waals surface area (Å²) < 4.78 is 12.9. The van der Waals surface area contributed by atoms with Crippen molar-refractivity contribution < 1.29 is 9.18 Å². The number of rotatable bonds is 3. The molecule has 23 heavy (non-hydrogen) atoms. The third kappa shape index (κ3) is 4.03. The normalized spacial score (nSPS) is 15.1. The van der Waals surface area contributed by atoms with E-state index in [0.29, 0.717) is 17.2 Å². The zero-order valence-corrected chi connectivity index (χ0v) is 12.8. The molecule has 5 nitrogen and oxygen atoms in total. The van der Waals surface area contributed by atoms with Gasteiger partial charge in [-0.2, -0.15) is 0 Å². The molecule has 1 N–H and O–H groups in total. The van der Waals surface area contributed by atoms with Gasteiger partial charge in [0.05, 0.1) is 18.1 Å². The molecular weight excluding hydrogens is 295 g/mol. The van der Waals surface area contributed by atoms with Crippen LogP contribution < -0.4 is 10.2 Å². The molecule has 0 spiro atoms. The largest absolute Gasteiger partial charge is 0.341 e. The summed E-state index contributed by atoms with van der Waals surface area (Å²) in [7, 11) is 0. The van der Waals surface area contributed by atoms with Gasteiger partial charge in [-0.15, -0.1) is 0 Å². The summed E-state index contributed by atoms with van der Waals surface area (Å²) in [5, 5.41) is 2.72. The highest BCUT2D eigenvalue weighted by atomic mass is 19.1. The molecule has 0 aliphatic carbocycles. The van der Waals surface area contributed by atoms with Crippen molar-refractivity contribution in [1.29, 1.82) is 0 Å². The first kappa shape index (κ1) is 15.4. The standard InChI is InChI=1S/C17H19FN4O/c18-14-7-5-13(6-8-14)16(23)21-15-11-19-17(20-12-15)22-9-3-1-2-4-10-22/h5-8,11-12H,1-4,9-10H2,(H,21,23). The lowest BCUT2D eigenvalue weighted by atomic mass is 10.2. The van der Waals surface area contributed by atoms with E-state index in [1.807, 2.05) is 0 Å². The third-order valence-corrected chi connectivity index (χ3v) is 3.89. The van der Waals surface area contributed by atoms with Crippen molar-refractivity contribution in [2.75, 3.05) is 23.3 Å². The average Bonchev–Trinajstić information content (AvgIpc) is 2.85. The number of carbonyl (C=O) groups is 1. The first-order valence-electron chi connectivity index (χ1n) is 7.86. The molecule has 0 saturated carbocycles. The van der Waals surface area contributed by atoms with E-state index in [0.717, 1.165) is 25.9 Å². The highest BCUT2D eigenvalue weighted by Crippen LogP contribution is 2.16. The van der Waals surface area contributed by atoms with Gasteiger partial charge in [-0.05, 0) is 37.1 Å². The minimum atomic E-state index is -0.369. The molecule has 0 bridgehead atoms. The van der Waals surface area contributed by atoms with Crippen LogP contribution in [-0.4, -0.2) is 29.0 Å². The smallest absolute Gasteiger partial charge is 0.255 e. The zero-order valence-electron chi connectivity index (χ0n) is 12.8. The maximum absolute atomic E-state index is 12.9. The molecule has 1 aromatic heterocycles. The number of halogens is 1. The van der Waals surface area contributed by atoms with Crippen molar-refractivity contribution in [3.8, 4) is 0 Å².